The standard InChI is InChI=1S/C14H18N2O/c1-9-10(2)17-11(3)14(9)13(15)8-12-4-6-16-7-5-12/h4-7,13H,8,15H2,1-3H3. The molecule has 0 radical (unpaired) electrons. The fourth-order valence-corrected chi connectivity index (χ4v) is 2.23. The molecular formula is C14H18N2O. The number of rotatable bonds is 3. The lowest BCUT2D eigenvalue weighted by Gasteiger charge is -2.12. The molecule has 0 fully saturated rings. The van der Waals surface area contributed by atoms with Gasteiger partial charge in [0.25, 0.3) is 0 Å². The lowest BCUT2D eigenvalue weighted by molar-refractivity contribution is 0.496. The van der Waals surface area contributed by atoms with Gasteiger partial charge in [0.15, 0.2) is 0 Å². The predicted molar refractivity (Wildman–Crippen MR) is 67.8 cm³/mol. The number of hydrogen-bond donors (Lipinski definition) is 1. The van der Waals surface area contributed by atoms with Crippen LogP contribution in [0.3, 0.4) is 0 Å². The molecule has 2 rings (SSSR count). The number of furan rings is 1. The molecule has 1 atom stereocenters. The van der Waals surface area contributed by atoms with Crippen molar-refractivity contribution in [1.82, 2.24) is 4.98 Å². The quantitative estimate of drug-likeness (QED) is 0.882. The van der Waals surface area contributed by atoms with Gasteiger partial charge in [0, 0.05) is 24.0 Å². The number of nitrogens with two attached hydrogens (primary N) is 1. The van der Waals surface area contributed by atoms with Crippen LogP contribution in [0.4, 0.5) is 0 Å². The maximum atomic E-state index is 6.26. The van der Waals surface area contributed by atoms with Crippen molar-refractivity contribution >= 4 is 0 Å². The molecule has 90 valence electrons. The van der Waals surface area contributed by atoms with Crippen LogP contribution in [0.25, 0.3) is 0 Å². The van der Waals surface area contributed by atoms with Gasteiger partial charge in [0.2, 0.25) is 0 Å². The normalized spacial score (nSPS) is 12.7. The van der Waals surface area contributed by atoms with Gasteiger partial charge in [-0.3, -0.25) is 4.98 Å². The van der Waals surface area contributed by atoms with Crippen molar-refractivity contribution in [2.24, 2.45) is 5.73 Å². The zero-order chi connectivity index (χ0) is 12.4. The van der Waals surface area contributed by atoms with Gasteiger partial charge in [-0.15, -0.1) is 0 Å². The van der Waals surface area contributed by atoms with E-state index in [0.29, 0.717) is 0 Å². The fourth-order valence-electron chi connectivity index (χ4n) is 2.23. The van der Waals surface area contributed by atoms with E-state index in [1.165, 1.54) is 11.1 Å². The van der Waals surface area contributed by atoms with E-state index in [-0.39, 0.29) is 6.04 Å². The Morgan fingerprint density at radius 1 is 1.18 bits per heavy atom. The summed E-state index contributed by atoms with van der Waals surface area (Å²) in [7, 11) is 0. The Labute approximate surface area is 102 Å². The van der Waals surface area contributed by atoms with E-state index in [0.717, 1.165) is 23.5 Å². The van der Waals surface area contributed by atoms with Gasteiger partial charge in [0.1, 0.15) is 11.5 Å². The van der Waals surface area contributed by atoms with Crippen molar-refractivity contribution in [2.75, 3.05) is 0 Å². The molecule has 0 bridgehead atoms. The van der Waals surface area contributed by atoms with Crippen LogP contribution in [-0.4, -0.2) is 4.98 Å². The van der Waals surface area contributed by atoms with Crippen LogP contribution < -0.4 is 5.73 Å². The Bertz CT molecular complexity index is 502. The van der Waals surface area contributed by atoms with Gasteiger partial charge in [-0.05, 0) is 50.5 Å². The van der Waals surface area contributed by atoms with Crippen molar-refractivity contribution in [3.63, 3.8) is 0 Å². The predicted octanol–water partition coefficient (Wildman–Crippen LogP) is 2.84. The summed E-state index contributed by atoms with van der Waals surface area (Å²) in [5, 5.41) is 0. The molecule has 0 aliphatic rings. The molecule has 17 heavy (non-hydrogen) atoms. The smallest absolute Gasteiger partial charge is 0.106 e. The van der Waals surface area contributed by atoms with E-state index in [2.05, 4.69) is 11.9 Å². The molecule has 0 saturated carbocycles. The lowest BCUT2D eigenvalue weighted by atomic mass is 9.97. The lowest BCUT2D eigenvalue weighted by Crippen LogP contribution is -2.14. The Balaban J connectivity index is 2.23. The van der Waals surface area contributed by atoms with Crippen molar-refractivity contribution in [3.8, 4) is 0 Å². The van der Waals surface area contributed by atoms with Crippen LogP contribution in [0, 0.1) is 20.8 Å². The van der Waals surface area contributed by atoms with E-state index < -0.39 is 0 Å². The molecule has 0 aliphatic carbocycles. The van der Waals surface area contributed by atoms with Crippen LogP contribution in [0.2, 0.25) is 0 Å². The van der Waals surface area contributed by atoms with Gasteiger partial charge < -0.3 is 10.2 Å². The molecule has 2 N–H and O–H groups in total. The second kappa shape index (κ2) is 4.72. The third-order valence-electron chi connectivity index (χ3n) is 3.19. The summed E-state index contributed by atoms with van der Waals surface area (Å²) in [6.07, 6.45) is 4.40. The second-order valence-corrected chi connectivity index (χ2v) is 4.42. The number of aromatic nitrogens is 1. The van der Waals surface area contributed by atoms with Gasteiger partial charge in [-0.25, -0.2) is 0 Å². The van der Waals surface area contributed by atoms with Crippen molar-refractivity contribution in [3.05, 3.63) is 52.7 Å². The highest BCUT2D eigenvalue weighted by atomic mass is 16.3. The first kappa shape index (κ1) is 11.9. The van der Waals surface area contributed by atoms with Crippen LogP contribution in [-0.2, 0) is 6.42 Å². The Morgan fingerprint density at radius 2 is 1.82 bits per heavy atom. The van der Waals surface area contributed by atoms with Crippen molar-refractivity contribution in [1.29, 1.82) is 0 Å². The Kier molecular flexibility index (Phi) is 3.29. The highest BCUT2D eigenvalue weighted by Gasteiger charge is 2.17. The average Bonchev–Trinajstić information content (AvgIpc) is 2.54. The molecule has 3 nitrogen and oxygen atoms in total. The first-order valence-corrected chi connectivity index (χ1v) is 5.80. The molecule has 1 unspecified atom stereocenters. The van der Waals surface area contributed by atoms with Gasteiger partial charge in [-0.1, -0.05) is 0 Å². The first-order chi connectivity index (χ1) is 8.09. The second-order valence-electron chi connectivity index (χ2n) is 4.42. The van der Waals surface area contributed by atoms with Crippen LogP contribution in [0.1, 0.15) is 34.3 Å². The minimum Gasteiger partial charge on any atom is -0.466 e. The summed E-state index contributed by atoms with van der Waals surface area (Å²) in [5.41, 5.74) is 9.77. The average molecular weight is 230 g/mol. The summed E-state index contributed by atoms with van der Waals surface area (Å²) in [5.74, 6) is 1.89. The molecule has 2 aromatic heterocycles. The number of pyridine rings is 1. The van der Waals surface area contributed by atoms with Gasteiger partial charge in [-0.2, -0.15) is 0 Å². The zero-order valence-corrected chi connectivity index (χ0v) is 10.5. The van der Waals surface area contributed by atoms with E-state index >= 15 is 0 Å². The molecule has 0 amide bonds. The molecule has 2 aromatic rings. The molecule has 0 saturated heterocycles. The number of nitrogens with zero attached hydrogens (tertiary/aromatic N) is 1. The topological polar surface area (TPSA) is 52.0 Å². The maximum absolute atomic E-state index is 6.26. The summed E-state index contributed by atoms with van der Waals surface area (Å²) >= 11 is 0. The van der Waals surface area contributed by atoms with E-state index in [9.17, 15) is 0 Å². The minimum atomic E-state index is -0.0187. The summed E-state index contributed by atoms with van der Waals surface area (Å²) in [6, 6.07) is 3.98. The molecule has 0 spiro atoms. The minimum absolute atomic E-state index is 0.0187. The highest BCUT2D eigenvalue weighted by Crippen LogP contribution is 2.27. The van der Waals surface area contributed by atoms with Gasteiger partial charge >= 0.3 is 0 Å². The molecule has 0 aromatic carbocycles. The third-order valence-corrected chi connectivity index (χ3v) is 3.19. The highest BCUT2D eigenvalue weighted by molar-refractivity contribution is 5.35. The van der Waals surface area contributed by atoms with E-state index in [1.807, 2.05) is 26.0 Å². The third kappa shape index (κ3) is 2.39. The summed E-state index contributed by atoms with van der Waals surface area (Å²) in [4.78, 5) is 4.01. The Hall–Kier alpha value is -1.61. The monoisotopic (exact) mass is 230 g/mol. The summed E-state index contributed by atoms with van der Waals surface area (Å²) < 4.78 is 5.61. The SMILES string of the molecule is Cc1oc(C)c(C(N)Cc2ccncc2)c1C. The largest absolute Gasteiger partial charge is 0.466 e. The number of hydrogen-bond acceptors (Lipinski definition) is 3. The summed E-state index contributed by atoms with van der Waals surface area (Å²) in [6.45, 7) is 6.01. The zero-order valence-electron chi connectivity index (χ0n) is 10.5. The van der Waals surface area contributed by atoms with Crippen molar-refractivity contribution < 1.29 is 4.42 Å². The van der Waals surface area contributed by atoms with Gasteiger partial charge in [0.05, 0.1) is 0 Å². The van der Waals surface area contributed by atoms with E-state index in [1.54, 1.807) is 12.4 Å². The molecule has 3 heteroatoms. The number of aryl methyl sites for hydroxylation is 2. The fraction of sp³-hybridized carbons (Fsp3) is 0.357. The van der Waals surface area contributed by atoms with Crippen molar-refractivity contribution in [2.45, 2.75) is 33.2 Å². The van der Waals surface area contributed by atoms with E-state index in [4.69, 9.17) is 10.2 Å². The van der Waals surface area contributed by atoms with Crippen LogP contribution in [0.15, 0.2) is 28.9 Å². The van der Waals surface area contributed by atoms with Crippen LogP contribution >= 0.6 is 0 Å². The Morgan fingerprint density at radius 3 is 2.35 bits per heavy atom. The maximum Gasteiger partial charge on any atom is 0.106 e. The molecular weight excluding hydrogens is 212 g/mol. The van der Waals surface area contributed by atoms with Crippen LogP contribution in [0.5, 0.6) is 0 Å². The molecule has 0 aliphatic heterocycles. The molecule has 2 heterocycles. The first-order valence-electron chi connectivity index (χ1n) is 5.80.